The number of aldehydes is 1. The van der Waals surface area contributed by atoms with Crippen molar-refractivity contribution in [3.05, 3.63) is 59.2 Å². The van der Waals surface area contributed by atoms with Gasteiger partial charge in [0.2, 0.25) is 0 Å². The van der Waals surface area contributed by atoms with Crippen LogP contribution in [0.25, 0.3) is 11.1 Å². The Kier molecular flexibility index (Phi) is 3.35. The maximum absolute atomic E-state index is 10.9. The topological polar surface area (TPSA) is 37.3 Å². The number of carbonyl (C=O) groups excluding carboxylic acids is 1. The van der Waals surface area contributed by atoms with Crippen LogP contribution in [0.5, 0.6) is 0 Å². The Bertz CT molecular complexity index is 544. The number of carbonyl (C=O) groups is 1. The molecule has 0 saturated carbocycles. The minimum Gasteiger partial charge on any atom is -0.392 e. The van der Waals surface area contributed by atoms with Gasteiger partial charge < -0.3 is 5.11 Å². The van der Waals surface area contributed by atoms with E-state index in [1.165, 1.54) is 0 Å². The molecule has 0 spiro atoms. The second-order valence-corrected chi connectivity index (χ2v) is 4.00. The zero-order valence-electron chi connectivity index (χ0n) is 9.68. The Hall–Kier alpha value is -1.93. The molecule has 0 saturated heterocycles. The van der Waals surface area contributed by atoms with Gasteiger partial charge in [-0.15, -0.1) is 0 Å². The zero-order valence-corrected chi connectivity index (χ0v) is 9.68. The molecular formula is C15H14O2. The van der Waals surface area contributed by atoms with Crippen molar-refractivity contribution in [3.8, 4) is 11.1 Å². The van der Waals surface area contributed by atoms with E-state index in [0.29, 0.717) is 5.56 Å². The third-order valence-electron chi connectivity index (χ3n) is 2.92. The van der Waals surface area contributed by atoms with Gasteiger partial charge in [-0.2, -0.15) is 0 Å². The Labute approximate surface area is 101 Å². The van der Waals surface area contributed by atoms with Crippen LogP contribution < -0.4 is 0 Å². The van der Waals surface area contributed by atoms with Crippen molar-refractivity contribution in [3.63, 3.8) is 0 Å². The summed E-state index contributed by atoms with van der Waals surface area (Å²) in [6.45, 7) is 1.96. The van der Waals surface area contributed by atoms with Crippen LogP contribution >= 0.6 is 0 Å². The monoisotopic (exact) mass is 226 g/mol. The first-order chi connectivity index (χ1) is 8.26. The Morgan fingerprint density at radius 3 is 2.65 bits per heavy atom. The fourth-order valence-corrected chi connectivity index (χ4v) is 1.93. The molecule has 86 valence electrons. The molecule has 17 heavy (non-hydrogen) atoms. The van der Waals surface area contributed by atoms with E-state index in [1.807, 2.05) is 49.4 Å². The van der Waals surface area contributed by atoms with E-state index in [9.17, 15) is 4.79 Å². The van der Waals surface area contributed by atoms with E-state index in [0.717, 1.165) is 28.5 Å². The van der Waals surface area contributed by atoms with E-state index in [1.54, 1.807) is 0 Å². The quantitative estimate of drug-likeness (QED) is 0.817. The average molecular weight is 226 g/mol. The third-order valence-corrected chi connectivity index (χ3v) is 2.92. The minimum absolute atomic E-state index is 0.0280. The zero-order chi connectivity index (χ0) is 12.3. The first-order valence-electron chi connectivity index (χ1n) is 5.51. The molecule has 0 amide bonds. The lowest BCUT2D eigenvalue weighted by Crippen LogP contribution is -1.91. The second kappa shape index (κ2) is 4.93. The Morgan fingerprint density at radius 1 is 1.18 bits per heavy atom. The van der Waals surface area contributed by atoms with Gasteiger partial charge in [-0.25, -0.2) is 0 Å². The van der Waals surface area contributed by atoms with Gasteiger partial charge in [-0.1, -0.05) is 36.4 Å². The lowest BCUT2D eigenvalue weighted by atomic mass is 9.96. The fourth-order valence-electron chi connectivity index (χ4n) is 1.93. The van der Waals surface area contributed by atoms with Crippen molar-refractivity contribution in [2.75, 3.05) is 0 Å². The predicted octanol–water partition coefficient (Wildman–Crippen LogP) is 2.97. The molecule has 0 unspecified atom stereocenters. The SMILES string of the molecule is Cc1c(C=O)cccc1-c1cccc(CO)c1. The van der Waals surface area contributed by atoms with Crippen LogP contribution in [0, 0.1) is 6.92 Å². The maximum atomic E-state index is 10.9. The highest BCUT2D eigenvalue weighted by Gasteiger charge is 2.05. The van der Waals surface area contributed by atoms with E-state index in [2.05, 4.69) is 0 Å². The summed E-state index contributed by atoms with van der Waals surface area (Å²) in [4.78, 5) is 10.9. The van der Waals surface area contributed by atoms with Gasteiger partial charge in [0.25, 0.3) is 0 Å². The molecule has 2 aromatic rings. The highest BCUT2D eigenvalue weighted by molar-refractivity contribution is 5.82. The van der Waals surface area contributed by atoms with Gasteiger partial charge in [0, 0.05) is 5.56 Å². The number of aliphatic hydroxyl groups is 1. The minimum atomic E-state index is 0.0280. The smallest absolute Gasteiger partial charge is 0.150 e. The first kappa shape index (κ1) is 11.6. The van der Waals surface area contributed by atoms with Crippen molar-refractivity contribution in [2.45, 2.75) is 13.5 Å². The van der Waals surface area contributed by atoms with Crippen LogP contribution in [0.4, 0.5) is 0 Å². The Balaban J connectivity index is 2.56. The van der Waals surface area contributed by atoms with Gasteiger partial charge in [-0.3, -0.25) is 4.79 Å². The molecule has 0 radical (unpaired) electrons. The fraction of sp³-hybridized carbons (Fsp3) is 0.133. The molecule has 2 aromatic carbocycles. The second-order valence-electron chi connectivity index (χ2n) is 4.00. The summed E-state index contributed by atoms with van der Waals surface area (Å²) < 4.78 is 0. The van der Waals surface area contributed by atoms with Gasteiger partial charge in [0.05, 0.1) is 6.61 Å². The molecule has 0 fully saturated rings. The third kappa shape index (κ3) is 2.27. The van der Waals surface area contributed by atoms with Gasteiger partial charge in [0.1, 0.15) is 6.29 Å². The molecule has 0 atom stereocenters. The van der Waals surface area contributed by atoms with Gasteiger partial charge in [0.15, 0.2) is 0 Å². The molecule has 0 bridgehead atoms. The van der Waals surface area contributed by atoms with Crippen LogP contribution in [0.2, 0.25) is 0 Å². The van der Waals surface area contributed by atoms with Gasteiger partial charge >= 0.3 is 0 Å². The predicted molar refractivity (Wildman–Crippen MR) is 67.9 cm³/mol. The number of hydrogen-bond donors (Lipinski definition) is 1. The van der Waals surface area contributed by atoms with Crippen LogP contribution in [0.15, 0.2) is 42.5 Å². The van der Waals surface area contributed by atoms with Crippen molar-refractivity contribution in [1.29, 1.82) is 0 Å². The summed E-state index contributed by atoms with van der Waals surface area (Å²) in [5.41, 5.74) is 4.61. The summed E-state index contributed by atoms with van der Waals surface area (Å²) in [6.07, 6.45) is 0.870. The Morgan fingerprint density at radius 2 is 1.94 bits per heavy atom. The molecule has 0 aliphatic heterocycles. The number of aliphatic hydroxyl groups excluding tert-OH is 1. The van der Waals surface area contributed by atoms with E-state index >= 15 is 0 Å². The number of hydrogen-bond acceptors (Lipinski definition) is 2. The lowest BCUT2D eigenvalue weighted by Gasteiger charge is -2.09. The normalized spacial score (nSPS) is 10.2. The summed E-state index contributed by atoms with van der Waals surface area (Å²) in [5.74, 6) is 0. The molecule has 0 heterocycles. The summed E-state index contributed by atoms with van der Waals surface area (Å²) in [6, 6.07) is 13.4. The molecule has 2 nitrogen and oxygen atoms in total. The van der Waals surface area contributed by atoms with Crippen LogP contribution in [-0.4, -0.2) is 11.4 Å². The highest BCUT2D eigenvalue weighted by Crippen LogP contribution is 2.25. The van der Waals surface area contributed by atoms with Crippen molar-refractivity contribution in [2.24, 2.45) is 0 Å². The average Bonchev–Trinajstić information content (AvgIpc) is 2.39. The maximum Gasteiger partial charge on any atom is 0.150 e. The molecule has 2 rings (SSSR count). The van der Waals surface area contributed by atoms with E-state index < -0.39 is 0 Å². The summed E-state index contributed by atoms with van der Waals surface area (Å²) in [7, 11) is 0. The summed E-state index contributed by atoms with van der Waals surface area (Å²) >= 11 is 0. The van der Waals surface area contributed by atoms with Crippen molar-refractivity contribution in [1.82, 2.24) is 0 Å². The standard InChI is InChI=1S/C15H14O2/c1-11-14(10-17)6-3-7-15(11)13-5-2-4-12(8-13)9-16/h2-8,10,16H,9H2,1H3. The van der Waals surface area contributed by atoms with E-state index in [-0.39, 0.29) is 6.61 Å². The molecule has 0 aromatic heterocycles. The largest absolute Gasteiger partial charge is 0.392 e. The first-order valence-corrected chi connectivity index (χ1v) is 5.51. The van der Waals surface area contributed by atoms with Crippen LogP contribution in [-0.2, 0) is 6.61 Å². The molecule has 2 heteroatoms. The highest BCUT2D eigenvalue weighted by atomic mass is 16.3. The van der Waals surface area contributed by atoms with Crippen molar-refractivity contribution >= 4 is 6.29 Å². The van der Waals surface area contributed by atoms with Gasteiger partial charge in [-0.05, 0) is 35.2 Å². The number of benzene rings is 2. The molecule has 0 aliphatic carbocycles. The summed E-state index contributed by atoms with van der Waals surface area (Å²) in [5, 5.41) is 9.12. The van der Waals surface area contributed by atoms with E-state index in [4.69, 9.17) is 5.11 Å². The van der Waals surface area contributed by atoms with Crippen LogP contribution in [0.3, 0.4) is 0 Å². The number of rotatable bonds is 3. The molecule has 1 N–H and O–H groups in total. The van der Waals surface area contributed by atoms with Crippen molar-refractivity contribution < 1.29 is 9.90 Å². The molecular weight excluding hydrogens is 212 g/mol. The van der Waals surface area contributed by atoms with Crippen LogP contribution in [0.1, 0.15) is 21.5 Å². The lowest BCUT2D eigenvalue weighted by molar-refractivity contribution is 0.112. The molecule has 0 aliphatic rings.